The lowest BCUT2D eigenvalue weighted by Crippen LogP contribution is -2.52. The molecule has 16 nitrogen and oxygen atoms in total. The fourth-order valence-corrected chi connectivity index (χ4v) is 2.81. The van der Waals surface area contributed by atoms with Crippen LogP contribution in [0.5, 0.6) is 0 Å². The number of amides is 2. The van der Waals surface area contributed by atoms with Gasteiger partial charge in [-0.1, -0.05) is 36.4 Å². The minimum atomic E-state index is -1.97. The van der Waals surface area contributed by atoms with Gasteiger partial charge in [0, 0.05) is 0 Å². The third kappa shape index (κ3) is 11.4. The minimum Gasteiger partial charge on any atom is -0.394 e. The smallest absolute Gasteiger partial charge is 0.269 e. The Labute approximate surface area is 228 Å². The second-order valence-corrected chi connectivity index (χ2v) is 8.31. The van der Waals surface area contributed by atoms with E-state index in [1.165, 1.54) is 0 Å². The Morgan fingerprint density at radius 2 is 0.825 bits per heavy atom. The maximum Gasteiger partial charge on any atom is 0.269 e. The molecule has 0 aliphatic rings. The van der Waals surface area contributed by atoms with Crippen LogP contribution in [-0.2, 0) is 9.59 Å². The van der Waals surface area contributed by atoms with Crippen LogP contribution in [0.2, 0.25) is 0 Å². The van der Waals surface area contributed by atoms with E-state index in [4.69, 9.17) is 20.4 Å². The van der Waals surface area contributed by atoms with E-state index in [2.05, 4.69) is 21.7 Å². The number of rotatable bonds is 14. The lowest BCUT2D eigenvalue weighted by molar-refractivity contribution is -0.148. The first-order valence-electron chi connectivity index (χ1n) is 11.8. The highest BCUT2D eigenvalue weighted by Gasteiger charge is 2.35. The first-order valence-corrected chi connectivity index (χ1v) is 11.8. The zero-order valence-electron chi connectivity index (χ0n) is 21.1. The van der Waals surface area contributed by atoms with E-state index >= 15 is 0 Å². The van der Waals surface area contributed by atoms with E-state index in [0.29, 0.717) is 11.4 Å². The van der Waals surface area contributed by atoms with Crippen LogP contribution in [0.25, 0.3) is 0 Å². The third-order valence-electron chi connectivity index (χ3n) is 5.25. The summed E-state index contributed by atoms with van der Waals surface area (Å²) in [6, 6.07) is 17.1. The highest BCUT2D eigenvalue weighted by atomic mass is 16.4. The molecule has 40 heavy (non-hydrogen) atoms. The van der Waals surface area contributed by atoms with E-state index in [9.17, 15) is 40.2 Å². The fourth-order valence-electron chi connectivity index (χ4n) is 2.81. The average Bonchev–Trinajstić information content (AvgIpc) is 3.00. The summed E-state index contributed by atoms with van der Waals surface area (Å²) in [6.45, 7) is -1.62. The SMILES string of the molecule is O=C(NNc1ccccc1)C(O)C(O)C(O)C(O)CO.O=C(NNc1ccccc1)C(O)C(O)C(O)C(O)CO. The van der Waals surface area contributed by atoms with Crippen molar-refractivity contribution < 1.29 is 60.7 Å². The normalized spacial score (nSPS) is 16.9. The number of benzene rings is 2. The molecule has 2 rings (SSSR count). The van der Waals surface area contributed by atoms with Crippen LogP contribution in [0.15, 0.2) is 60.7 Å². The van der Waals surface area contributed by atoms with Crippen LogP contribution in [0, 0.1) is 0 Å². The van der Waals surface area contributed by atoms with Crippen LogP contribution >= 0.6 is 0 Å². The molecule has 2 aromatic carbocycles. The third-order valence-corrected chi connectivity index (χ3v) is 5.25. The molecular weight excluding hydrogens is 536 g/mol. The van der Waals surface area contributed by atoms with E-state index in [1.54, 1.807) is 60.7 Å². The Balaban J connectivity index is 0.000000400. The average molecular weight is 573 g/mol. The second-order valence-electron chi connectivity index (χ2n) is 8.31. The number of aliphatic hydroxyl groups excluding tert-OH is 10. The molecule has 224 valence electrons. The van der Waals surface area contributed by atoms with Crippen molar-refractivity contribution in [1.29, 1.82) is 0 Å². The Kier molecular flexibility index (Phi) is 15.6. The molecule has 2 amide bonds. The number of anilines is 2. The van der Waals surface area contributed by atoms with Gasteiger partial charge in [-0.25, -0.2) is 0 Å². The first-order chi connectivity index (χ1) is 18.9. The number of nitrogens with one attached hydrogen (secondary N) is 4. The Morgan fingerprint density at radius 1 is 0.525 bits per heavy atom. The molecule has 16 heteroatoms. The summed E-state index contributed by atoms with van der Waals surface area (Å²) in [5.74, 6) is -1.99. The van der Waals surface area contributed by atoms with Gasteiger partial charge in [0.2, 0.25) is 0 Å². The van der Waals surface area contributed by atoms with Gasteiger partial charge in [-0.15, -0.1) is 0 Å². The Morgan fingerprint density at radius 3 is 1.10 bits per heavy atom. The molecule has 0 aliphatic heterocycles. The molecule has 0 radical (unpaired) electrons. The minimum absolute atomic E-state index is 0.554. The number of hydrogen-bond acceptors (Lipinski definition) is 14. The first kappa shape index (κ1) is 34.6. The van der Waals surface area contributed by atoms with Crippen molar-refractivity contribution in [2.24, 2.45) is 0 Å². The molecule has 14 N–H and O–H groups in total. The predicted octanol–water partition coefficient (Wildman–Crippen LogP) is -4.87. The van der Waals surface area contributed by atoms with Crippen molar-refractivity contribution >= 4 is 23.2 Å². The van der Waals surface area contributed by atoms with Crippen LogP contribution < -0.4 is 21.7 Å². The fraction of sp³-hybridized carbons (Fsp3) is 0.417. The summed E-state index contributed by atoms with van der Waals surface area (Å²) in [7, 11) is 0. The number of carbonyl (C=O) groups excluding carboxylic acids is 2. The number of para-hydroxylation sites is 2. The number of aliphatic hydroxyl groups is 10. The molecule has 0 spiro atoms. The van der Waals surface area contributed by atoms with Crippen molar-refractivity contribution in [2.45, 2.75) is 48.8 Å². The summed E-state index contributed by atoms with van der Waals surface area (Å²) in [5.41, 5.74) is 10.4. The number of hydrazine groups is 2. The van der Waals surface area contributed by atoms with Crippen LogP contribution in [0.1, 0.15) is 0 Å². The van der Waals surface area contributed by atoms with Gasteiger partial charge in [0.15, 0.2) is 12.2 Å². The number of hydrogen-bond donors (Lipinski definition) is 14. The Bertz CT molecular complexity index is 911. The summed E-state index contributed by atoms with van der Waals surface area (Å²) >= 11 is 0. The van der Waals surface area contributed by atoms with Gasteiger partial charge < -0.3 is 51.1 Å². The molecule has 8 unspecified atom stereocenters. The zero-order valence-corrected chi connectivity index (χ0v) is 21.1. The monoisotopic (exact) mass is 572 g/mol. The Hall–Kier alpha value is -3.42. The molecule has 0 bridgehead atoms. The lowest BCUT2D eigenvalue weighted by Gasteiger charge is -2.25. The van der Waals surface area contributed by atoms with Gasteiger partial charge in [0.1, 0.15) is 36.6 Å². The summed E-state index contributed by atoms with van der Waals surface area (Å²) in [6.07, 6.45) is -14.8. The summed E-state index contributed by atoms with van der Waals surface area (Å²) in [5, 5.41) is 92.2. The van der Waals surface area contributed by atoms with E-state index < -0.39 is 73.9 Å². The van der Waals surface area contributed by atoms with Crippen molar-refractivity contribution in [3.8, 4) is 0 Å². The largest absolute Gasteiger partial charge is 0.394 e. The predicted molar refractivity (Wildman–Crippen MR) is 139 cm³/mol. The summed E-state index contributed by atoms with van der Waals surface area (Å²) < 4.78 is 0. The topological polar surface area (TPSA) is 285 Å². The molecule has 2 aromatic rings. The molecule has 0 aliphatic carbocycles. The van der Waals surface area contributed by atoms with Crippen LogP contribution in [0.4, 0.5) is 11.4 Å². The van der Waals surface area contributed by atoms with Gasteiger partial charge in [-0.3, -0.25) is 31.3 Å². The number of carbonyl (C=O) groups is 2. The van der Waals surface area contributed by atoms with Gasteiger partial charge in [0.25, 0.3) is 11.8 Å². The molecule has 0 heterocycles. The standard InChI is InChI=1S/2C12H18N2O6/c2*15-6-8(16)9(17)10(18)11(19)12(20)14-13-7-4-2-1-3-5-7/h2*1-5,8-11,13,15-19H,6H2,(H,14,20). The van der Waals surface area contributed by atoms with Crippen LogP contribution in [0.3, 0.4) is 0 Å². The maximum atomic E-state index is 11.5. The summed E-state index contributed by atoms with van der Waals surface area (Å²) in [4.78, 5) is 23.1. The molecule has 0 fully saturated rings. The molecule has 0 saturated carbocycles. The maximum absolute atomic E-state index is 11.5. The highest BCUT2D eigenvalue weighted by Crippen LogP contribution is 2.08. The van der Waals surface area contributed by atoms with Gasteiger partial charge in [0.05, 0.1) is 24.6 Å². The lowest BCUT2D eigenvalue weighted by atomic mass is 10.0. The zero-order chi connectivity index (χ0) is 30.2. The van der Waals surface area contributed by atoms with Crippen LogP contribution in [-0.4, -0.2) is 125 Å². The van der Waals surface area contributed by atoms with E-state index in [0.717, 1.165) is 0 Å². The van der Waals surface area contributed by atoms with Gasteiger partial charge >= 0.3 is 0 Å². The molecular formula is C24H36N4O12. The van der Waals surface area contributed by atoms with Crippen molar-refractivity contribution in [1.82, 2.24) is 10.9 Å². The second kappa shape index (κ2) is 18.0. The molecule has 8 atom stereocenters. The van der Waals surface area contributed by atoms with Crippen molar-refractivity contribution in [3.05, 3.63) is 60.7 Å². The van der Waals surface area contributed by atoms with Crippen molar-refractivity contribution in [2.75, 3.05) is 24.1 Å². The molecule has 0 saturated heterocycles. The van der Waals surface area contributed by atoms with E-state index in [-0.39, 0.29) is 0 Å². The van der Waals surface area contributed by atoms with Crippen molar-refractivity contribution in [3.63, 3.8) is 0 Å². The van der Waals surface area contributed by atoms with Gasteiger partial charge in [-0.05, 0) is 24.3 Å². The highest BCUT2D eigenvalue weighted by molar-refractivity contribution is 5.82. The quantitative estimate of drug-likeness (QED) is 0.0945. The molecule has 0 aromatic heterocycles. The van der Waals surface area contributed by atoms with E-state index in [1.807, 2.05) is 0 Å². The van der Waals surface area contributed by atoms with Gasteiger partial charge in [-0.2, -0.15) is 0 Å².